The molecule has 0 amide bonds. The van der Waals surface area contributed by atoms with E-state index in [1.54, 1.807) is 7.11 Å². The van der Waals surface area contributed by atoms with Gasteiger partial charge in [-0.3, -0.25) is 4.90 Å². The molecule has 0 aromatic heterocycles. The molecule has 1 aliphatic heterocycles. The Morgan fingerprint density at radius 3 is 2.93 bits per heavy atom. The third-order valence-electron chi connectivity index (χ3n) is 3.21. The van der Waals surface area contributed by atoms with Gasteiger partial charge >= 0.3 is 0 Å². The van der Waals surface area contributed by atoms with Gasteiger partial charge in [-0.1, -0.05) is 6.92 Å². The zero-order valence-electron chi connectivity index (χ0n) is 9.75. The Labute approximate surface area is 87.8 Å². The SMILES string of the molecule is CCC(COC)N1CCCC(NC)C1. The largest absolute Gasteiger partial charge is 0.383 e. The van der Waals surface area contributed by atoms with E-state index >= 15 is 0 Å². The van der Waals surface area contributed by atoms with E-state index in [1.165, 1.54) is 32.4 Å². The predicted octanol–water partition coefficient (Wildman–Crippen LogP) is 1.10. The average molecular weight is 200 g/mol. The van der Waals surface area contributed by atoms with Crippen LogP contribution in [-0.2, 0) is 4.74 Å². The molecule has 1 heterocycles. The highest BCUT2D eigenvalue weighted by Crippen LogP contribution is 2.14. The third-order valence-corrected chi connectivity index (χ3v) is 3.21. The molecular weight excluding hydrogens is 176 g/mol. The number of likely N-dealkylation sites (N-methyl/N-ethyl adjacent to an activating group) is 1. The molecule has 14 heavy (non-hydrogen) atoms. The Hall–Kier alpha value is -0.120. The van der Waals surface area contributed by atoms with Crippen molar-refractivity contribution in [1.29, 1.82) is 0 Å². The van der Waals surface area contributed by atoms with E-state index in [4.69, 9.17) is 4.74 Å². The molecule has 0 aliphatic carbocycles. The van der Waals surface area contributed by atoms with E-state index in [9.17, 15) is 0 Å². The molecule has 3 heteroatoms. The highest BCUT2D eigenvalue weighted by atomic mass is 16.5. The quantitative estimate of drug-likeness (QED) is 0.719. The first-order chi connectivity index (χ1) is 6.81. The van der Waals surface area contributed by atoms with E-state index in [-0.39, 0.29) is 0 Å². The second kappa shape index (κ2) is 6.38. The smallest absolute Gasteiger partial charge is 0.0617 e. The molecule has 2 atom stereocenters. The molecule has 2 unspecified atom stereocenters. The molecule has 0 bridgehead atoms. The maximum absolute atomic E-state index is 5.25. The number of ether oxygens (including phenoxy) is 1. The summed E-state index contributed by atoms with van der Waals surface area (Å²) in [5.74, 6) is 0. The van der Waals surface area contributed by atoms with Crippen LogP contribution in [0.5, 0.6) is 0 Å². The molecule has 0 aromatic carbocycles. The van der Waals surface area contributed by atoms with Crippen LogP contribution in [0.25, 0.3) is 0 Å². The lowest BCUT2D eigenvalue weighted by Crippen LogP contribution is -2.49. The van der Waals surface area contributed by atoms with Crippen LogP contribution in [0.2, 0.25) is 0 Å². The molecule has 1 fully saturated rings. The summed E-state index contributed by atoms with van der Waals surface area (Å²) in [5.41, 5.74) is 0. The number of piperidine rings is 1. The fourth-order valence-electron chi connectivity index (χ4n) is 2.25. The van der Waals surface area contributed by atoms with Gasteiger partial charge in [-0.25, -0.2) is 0 Å². The van der Waals surface area contributed by atoms with Crippen molar-refractivity contribution < 1.29 is 4.74 Å². The first-order valence-corrected chi connectivity index (χ1v) is 5.72. The number of nitrogens with one attached hydrogen (secondary N) is 1. The lowest BCUT2D eigenvalue weighted by atomic mass is 10.0. The van der Waals surface area contributed by atoms with E-state index in [0.29, 0.717) is 12.1 Å². The highest BCUT2D eigenvalue weighted by molar-refractivity contribution is 4.81. The molecule has 1 aliphatic rings. The van der Waals surface area contributed by atoms with Crippen molar-refractivity contribution in [2.24, 2.45) is 0 Å². The average Bonchev–Trinajstić information content (AvgIpc) is 2.26. The van der Waals surface area contributed by atoms with Crippen LogP contribution in [0.1, 0.15) is 26.2 Å². The van der Waals surface area contributed by atoms with Gasteiger partial charge in [0.25, 0.3) is 0 Å². The van der Waals surface area contributed by atoms with Crippen molar-refractivity contribution in [3.8, 4) is 0 Å². The van der Waals surface area contributed by atoms with E-state index in [2.05, 4.69) is 24.2 Å². The number of rotatable bonds is 5. The van der Waals surface area contributed by atoms with Gasteiger partial charge in [-0.15, -0.1) is 0 Å². The van der Waals surface area contributed by atoms with Gasteiger partial charge in [0, 0.05) is 25.7 Å². The van der Waals surface area contributed by atoms with Crippen LogP contribution >= 0.6 is 0 Å². The summed E-state index contributed by atoms with van der Waals surface area (Å²) in [5, 5.41) is 3.37. The second-order valence-electron chi connectivity index (χ2n) is 4.14. The number of likely N-dealkylation sites (tertiary alicyclic amines) is 1. The summed E-state index contributed by atoms with van der Waals surface area (Å²) in [6.07, 6.45) is 3.81. The molecule has 0 radical (unpaired) electrons. The van der Waals surface area contributed by atoms with Crippen LogP contribution in [0, 0.1) is 0 Å². The molecule has 1 saturated heterocycles. The molecular formula is C11H24N2O. The Morgan fingerprint density at radius 2 is 2.36 bits per heavy atom. The second-order valence-corrected chi connectivity index (χ2v) is 4.14. The van der Waals surface area contributed by atoms with Gasteiger partial charge in [-0.2, -0.15) is 0 Å². The number of hydrogen-bond donors (Lipinski definition) is 1. The minimum absolute atomic E-state index is 0.608. The van der Waals surface area contributed by atoms with Crippen LogP contribution in [0.3, 0.4) is 0 Å². The maximum atomic E-state index is 5.25. The number of hydrogen-bond acceptors (Lipinski definition) is 3. The third kappa shape index (κ3) is 3.23. The standard InChI is InChI=1S/C11H24N2O/c1-4-11(9-14-3)13-7-5-6-10(8-13)12-2/h10-12H,4-9H2,1-3H3. The maximum Gasteiger partial charge on any atom is 0.0617 e. The normalized spacial score (nSPS) is 26.4. The Kier molecular flexibility index (Phi) is 5.45. The van der Waals surface area contributed by atoms with Crippen LogP contribution in [-0.4, -0.2) is 50.8 Å². The van der Waals surface area contributed by atoms with Crippen molar-refractivity contribution >= 4 is 0 Å². The summed E-state index contributed by atoms with van der Waals surface area (Å²) >= 11 is 0. The molecule has 84 valence electrons. The summed E-state index contributed by atoms with van der Waals surface area (Å²) in [7, 11) is 3.85. The van der Waals surface area contributed by atoms with Crippen molar-refractivity contribution in [3.63, 3.8) is 0 Å². The van der Waals surface area contributed by atoms with Crippen LogP contribution in [0.4, 0.5) is 0 Å². The van der Waals surface area contributed by atoms with Gasteiger partial charge in [0.15, 0.2) is 0 Å². The summed E-state index contributed by atoms with van der Waals surface area (Å²) in [6.45, 7) is 5.53. The highest BCUT2D eigenvalue weighted by Gasteiger charge is 2.23. The van der Waals surface area contributed by atoms with Crippen molar-refractivity contribution in [2.45, 2.75) is 38.3 Å². The summed E-state index contributed by atoms with van der Waals surface area (Å²) < 4.78 is 5.25. The molecule has 1 N–H and O–H groups in total. The molecule has 0 spiro atoms. The Bertz CT molecular complexity index is 152. The minimum atomic E-state index is 0.608. The lowest BCUT2D eigenvalue weighted by Gasteiger charge is -2.37. The first kappa shape index (κ1) is 12.0. The Morgan fingerprint density at radius 1 is 1.57 bits per heavy atom. The summed E-state index contributed by atoms with van der Waals surface area (Å²) in [6, 6.07) is 1.28. The Balaban J connectivity index is 2.40. The van der Waals surface area contributed by atoms with E-state index in [1.807, 2.05) is 0 Å². The number of nitrogens with zero attached hydrogens (tertiary/aromatic N) is 1. The first-order valence-electron chi connectivity index (χ1n) is 5.72. The molecule has 0 aromatic rings. The fraction of sp³-hybridized carbons (Fsp3) is 1.00. The van der Waals surface area contributed by atoms with Gasteiger partial charge in [0.05, 0.1) is 6.61 Å². The fourth-order valence-corrected chi connectivity index (χ4v) is 2.25. The van der Waals surface area contributed by atoms with Crippen LogP contribution in [0.15, 0.2) is 0 Å². The van der Waals surface area contributed by atoms with Gasteiger partial charge < -0.3 is 10.1 Å². The predicted molar refractivity (Wildman–Crippen MR) is 59.6 cm³/mol. The zero-order valence-corrected chi connectivity index (χ0v) is 9.75. The number of methoxy groups -OCH3 is 1. The molecule has 1 rings (SSSR count). The van der Waals surface area contributed by atoms with Crippen molar-refractivity contribution in [1.82, 2.24) is 10.2 Å². The topological polar surface area (TPSA) is 24.5 Å². The monoisotopic (exact) mass is 200 g/mol. The van der Waals surface area contributed by atoms with Crippen molar-refractivity contribution in [3.05, 3.63) is 0 Å². The van der Waals surface area contributed by atoms with Crippen LogP contribution < -0.4 is 5.32 Å². The lowest BCUT2D eigenvalue weighted by molar-refractivity contribution is 0.0656. The zero-order chi connectivity index (χ0) is 10.4. The van der Waals surface area contributed by atoms with E-state index < -0.39 is 0 Å². The van der Waals surface area contributed by atoms with E-state index in [0.717, 1.165) is 6.61 Å². The summed E-state index contributed by atoms with van der Waals surface area (Å²) in [4.78, 5) is 2.56. The molecule has 3 nitrogen and oxygen atoms in total. The minimum Gasteiger partial charge on any atom is -0.383 e. The van der Waals surface area contributed by atoms with Crippen molar-refractivity contribution in [2.75, 3.05) is 33.9 Å². The molecule has 0 saturated carbocycles. The van der Waals surface area contributed by atoms with Gasteiger partial charge in [0.1, 0.15) is 0 Å². The van der Waals surface area contributed by atoms with Gasteiger partial charge in [0.2, 0.25) is 0 Å². The van der Waals surface area contributed by atoms with Gasteiger partial charge in [-0.05, 0) is 32.9 Å².